The molecule has 8 heteroatoms. The first-order valence-corrected chi connectivity index (χ1v) is 10.4. The lowest BCUT2D eigenvalue weighted by Gasteiger charge is -2.27. The number of likely N-dealkylation sites (N-methyl/N-ethyl adjacent to an activating group) is 1. The summed E-state index contributed by atoms with van der Waals surface area (Å²) in [6.07, 6.45) is 0. The first kappa shape index (κ1) is 21.8. The fourth-order valence-corrected chi connectivity index (χ4v) is 4.01. The van der Waals surface area contributed by atoms with E-state index in [1.54, 1.807) is 23.1 Å². The van der Waals surface area contributed by atoms with Crippen LogP contribution < -0.4 is 14.9 Å². The summed E-state index contributed by atoms with van der Waals surface area (Å²) in [6, 6.07) is 8.35. The minimum Gasteiger partial charge on any atom is -0.493 e. The Bertz CT molecular complexity index is 1240. The lowest BCUT2D eigenvalue weighted by atomic mass is 9.98. The molecule has 0 bridgehead atoms. The molecule has 0 fully saturated rings. The Kier molecular flexibility index (Phi) is 5.88. The van der Waals surface area contributed by atoms with Crippen molar-refractivity contribution in [3.05, 3.63) is 69.3 Å². The van der Waals surface area contributed by atoms with E-state index >= 15 is 0 Å². The Hall–Kier alpha value is -3.39. The summed E-state index contributed by atoms with van der Waals surface area (Å²) in [5, 5.41) is 0.105. The lowest BCUT2D eigenvalue weighted by Crippen LogP contribution is -2.35. The number of amides is 1. The third-order valence-electron chi connectivity index (χ3n) is 5.52. The van der Waals surface area contributed by atoms with Gasteiger partial charge in [0.05, 0.1) is 30.7 Å². The molecule has 0 aliphatic carbocycles. The number of halogens is 1. The van der Waals surface area contributed by atoms with Crippen LogP contribution in [-0.2, 0) is 0 Å². The Morgan fingerprint density at radius 2 is 1.91 bits per heavy atom. The summed E-state index contributed by atoms with van der Waals surface area (Å²) in [6.45, 7) is 3.31. The van der Waals surface area contributed by atoms with Gasteiger partial charge in [0.2, 0.25) is 5.76 Å². The highest BCUT2D eigenvalue weighted by atomic mass is 19.1. The summed E-state index contributed by atoms with van der Waals surface area (Å²) < 4.78 is 30.8. The number of carbonyl (C=O) groups excluding carboxylic acids is 1. The number of carbonyl (C=O) groups is 1. The van der Waals surface area contributed by atoms with Gasteiger partial charge < -0.3 is 23.7 Å². The predicted molar refractivity (Wildman–Crippen MR) is 118 cm³/mol. The van der Waals surface area contributed by atoms with Gasteiger partial charge >= 0.3 is 0 Å². The van der Waals surface area contributed by atoms with Gasteiger partial charge in [-0.2, -0.15) is 0 Å². The molecule has 2 aromatic carbocycles. The molecule has 1 unspecified atom stereocenters. The summed E-state index contributed by atoms with van der Waals surface area (Å²) in [4.78, 5) is 30.3. The first-order valence-electron chi connectivity index (χ1n) is 10.4. The van der Waals surface area contributed by atoms with Crippen molar-refractivity contribution in [2.45, 2.75) is 13.0 Å². The number of hydrogen-bond acceptors (Lipinski definition) is 6. The van der Waals surface area contributed by atoms with Gasteiger partial charge in [-0.25, -0.2) is 4.39 Å². The molecule has 1 aliphatic heterocycles. The molecule has 32 heavy (non-hydrogen) atoms. The van der Waals surface area contributed by atoms with Crippen molar-refractivity contribution in [1.29, 1.82) is 0 Å². The van der Waals surface area contributed by atoms with Crippen molar-refractivity contribution in [2.75, 3.05) is 40.9 Å². The molecule has 1 aliphatic rings. The molecule has 0 spiro atoms. The van der Waals surface area contributed by atoms with Crippen molar-refractivity contribution in [2.24, 2.45) is 0 Å². The van der Waals surface area contributed by atoms with Crippen LogP contribution in [0.3, 0.4) is 0 Å². The topological polar surface area (TPSA) is 72.2 Å². The standard InChI is InChI=1S/C24H25FN2O5/c1-5-31-18-8-6-14(12-19(18)30-4)21-20-22(28)16-13-15(25)7-9-17(16)32-23(20)24(29)27(21)11-10-26(2)3/h6-9,12-13,21H,5,10-11H2,1-4H3. The number of ether oxygens (including phenoxy) is 2. The highest BCUT2D eigenvalue weighted by molar-refractivity contribution is 5.99. The van der Waals surface area contributed by atoms with Crippen LogP contribution in [-0.4, -0.2) is 56.6 Å². The van der Waals surface area contributed by atoms with Crippen LogP contribution in [0.2, 0.25) is 0 Å². The second kappa shape index (κ2) is 8.63. The molecule has 2 heterocycles. The van der Waals surface area contributed by atoms with Gasteiger partial charge in [-0.1, -0.05) is 6.07 Å². The van der Waals surface area contributed by atoms with Crippen molar-refractivity contribution < 1.29 is 23.1 Å². The number of fused-ring (bicyclic) bond motifs is 2. The number of nitrogens with zero attached hydrogens (tertiary/aromatic N) is 2. The average Bonchev–Trinajstić information content (AvgIpc) is 3.05. The predicted octanol–water partition coefficient (Wildman–Crippen LogP) is 3.45. The molecular weight excluding hydrogens is 415 g/mol. The quantitative estimate of drug-likeness (QED) is 0.561. The van der Waals surface area contributed by atoms with E-state index in [-0.39, 0.29) is 28.2 Å². The molecule has 3 aromatic rings. The normalized spacial score (nSPS) is 15.5. The van der Waals surface area contributed by atoms with Crippen molar-refractivity contribution in [3.8, 4) is 11.5 Å². The van der Waals surface area contributed by atoms with E-state index < -0.39 is 17.3 Å². The molecule has 168 valence electrons. The van der Waals surface area contributed by atoms with Crippen LogP contribution in [0.25, 0.3) is 11.0 Å². The second-order valence-corrected chi connectivity index (χ2v) is 7.86. The largest absolute Gasteiger partial charge is 0.493 e. The number of methoxy groups -OCH3 is 1. The third-order valence-corrected chi connectivity index (χ3v) is 5.52. The molecular formula is C24H25FN2O5. The van der Waals surface area contributed by atoms with E-state index in [9.17, 15) is 14.0 Å². The molecule has 1 atom stereocenters. The third kappa shape index (κ3) is 3.71. The summed E-state index contributed by atoms with van der Waals surface area (Å²) in [7, 11) is 5.34. The number of hydrogen-bond donors (Lipinski definition) is 0. The van der Waals surface area contributed by atoms with Crippen molar-refractivity contribution in [1.82, 2.24) is 9.80 Å². The van der Waals surface area contributed by atoms with Crippen LogP contribution in [0.4, 0.5) is 4.39 Å². The van der Waals surface area contributed by atoms with E-state index in [4.69, 9.17) is 13.9 Å². The first-order chi connectivity index (χ1) is 15.3. The van der Waals surface area contributed by atoms with Crippen LogP contribution >= 0.6 is 0 Å². The van der Waals surface area contributed by atoms with Crippen molar-refractivity contribution >= 4 is 16.9 Å². The minimum absolute atomic E-state index is 0.00860. The molecule has 1 amide bonds. The van der Waals surface area contributed by atoms with E-state index in [1.807, 2.05) is 25.9 Å². The number of rotatable bonds is 7. The van der Waals surface area contributed by atoms with Crippen molar-refractivity contribution in [3.63, 3.8) is 0 Å². The summed E-state index contributed by atoms with van der Waals surface area (Å²) in [5.41, 5.74) is 0.651. The summed E-state index contributed by atoms with van der Waals surface area (Å²) in [5.74, 6) is 0.136. The molecule has 7 nitrogen and oxygen atoms in total. The van der Waals surface area contributed by atoms with Crippen LogP contribution in [0.15, 0.2) is 45.6 Å². The van der Waals surface area contributed by atoms with Gasteiger partial charge in [0.25, 0.3) is 5.91 Å². The minimum atomic E-state index is -0.689. The molecule has 0 N–H and O–H groups in total. The Labute approximate surface area is 184 Å². The summed E-state index contributed by atoms with van der Waals surface area (Å²) >= 11 is 0. The molecule has 1 aromatic heterocycles. The van der Waals surface area contributed by atoms with Gasteiger partial charge in [0.15, 0.2) is 16.9 Å². The maximum Gasteiger partial charge on any atom is 0.290 e. The molecule has 0 saturated heterocycles. The second-order valence-electron chi connectivity index (χ2n) is 7.86. The van der Waals surface area contributed by atoms with Crippen LogP contribution in [0, 0.1) is 5.82 Å². The average molecular weight is 440 g/mol. The van der Waals surface area contributed by atoms with Gasteiger partial charge in [-0.05, 0) is 56.9 Å². The Balaban J connectivity index is 1.92. The van der Waals surface area contributed by atoms with E-state index in [2.05, 4.69) is 0 Å². The zero-order chi connectivity index (χ0) is 23.0. The van der Waals surface area contributed by atoms with E-state index in [0.29, 0.717) is 36.8 Å². The fourth-order valence-electron chi connectivity index (χ4n) is 4.01. The van der Waals surface area contributed by atoms with E-state index in [1.165, 1.54) is 19.2 Å². The molecule has 0 saturated carbocycles. The fraction of sp³-hybridized carbons (Fsp3) is 0.333. The lowest BCUT2D eigenvalue weighted by molar-refractivity contribution is 0.0716. The maximum atomic E-state index is 13.9. The van der Waals surface area contributed by atoms with Crippen LogP contribution in [0.5, 0.6) is 11.5 Å². The zero-order valence-corrected chi connectivity index (χ0v) is 18.5. The van der Waals surface area contributed by atoms with Gasteiger partial charge in [0, 0.05) is 13.1 Å². The highest BCUT2D eigenvalue weighted by Crippen LogP contribution is 2.40. The zero-order valence-electron chi connectivity index (χ0n) is 18.5. The van der Waals surface area contributed by atoms with Gasteiger partial charge in [0.1, 0.15) is 11.4 Å². The van der Waals surface area contributed by atoms with E-state index in [0.717, 1.165) is 6.07 Å². The molecule has 4 rings (SSSR count). The SMILES string of the molecule is CCOc1ccc(C2c3c(oc4ccc(F)cc4c3=O)C(=O)N2CCN(C)C)cc1OC. The number of benzene rings is 2. The highest BCUT2D eigenvalue weighted by Gasteiger charge is 2.42. The monoisotopic (exact) mass is 440 g/mol. The Morgan fingerprint density at radius 3 is 2.59 bits per heavy atom. The van der Waals surface area contributed by atoms with Crippen LogP contribution in [0.1, 0.15) is 34.6 Å². The smallest absolute Gasteiger partial charge is 0.290 e. The van der Waals surface area contributed by atoms with Gasteiger partial charge in [-0.15, -0.1) is 0 Å². The Morgan fingerprint density at radius 1 is 1.12 bits per heavy atom. The molecule has 0 radical (unpaired) electrons. The van der Waals surface area contributed by atoms with Gasteiger partial charge in [-0.3, -0.25) is 9.59 Å². The maximum absolute atomic E-state index is 13.9.